The van der Waals surface area contributed by atoms with E-state index in [1.807, 2.05) is 31.2 Å². The highest BCUT2D eigenvalue weighted by atomic mass is 32.2. The molecule has 5 nitrogen and oxygen atoms in total. The Bertz CT molecular complexity index is 640. The number of piperidine rings is 1. The third-order valence-corrected chi connectivity index (χ3v) is 6.48. The van der Waals surface area contributed by atoms with E-state index in [0.29, 0.717) is 0 Å². The summed E-state index contributed by atoms with van der Waals surface area (Å²) in [6.07, 6.45) is 3.80. The summed E-state index contributed by atoms with van der Waals surface area (Å²) >= 11 is 7.21. The Balaban J connectivity index is 2.22. The summed E-state index contributed by atoms with van der Waals surface area (Å²) in [5.74, 6) is -2.13. The molecule has 0 aliphatic carbocycles. The van der Waals surface area contributed by atoms with Crippen LogP contribution in [0.5, 0.6) is 0 Å². The van der Waals surface area contributed by atoms with E-state index in [1.54, 1.807) is 0 Å². The van der Waals surface area contributed by atoms with Gasteiger partial charge in [-0.2, -0.15) is 0 Å². The van der Waals surface area contributed by atoms with Crippen LogP contribution in [0.15, 0.2) is 24.3 Å². The first-order chi connectivity index (χ1) is 13.0. The minimum atomic E-state index is -0.969. The van der Waals surface area contributed by atoms with Crippen molar-refractivity contribution < 1.29 is 19.1 Å². The summed E-state index contributed by atoms with van der Waals surface area (Å²) in [4.78, 5) is 26.5. The van der Waals surface area contributed by atoms with Crippen molar-refractivity contribution in [2.75, 3.05) is 27.3 Å². The molecule has 1 unspecified atom stereocenters. The maximum Gasteiger partial charge on any atom is 0.320 e. The highest BCUT2D eigenvalue weighted by Crippen LogP contribution is 2.38. The fourth-order valence-corrected chi connectivity index (χ4v) is 4.78. The van der Waals surface area contributed by atoms with Crippen LogP contribution in [0.2, 0.25) is 0 Å². The van der Waals surface area contributed by atoms with E-state index in [2.05, 4.69) is 4.90 Å². The Morgan fingerprint density at radius 2 is 1.63 bits per heavy atom. The predicted octanol–water partition coefficient (Wildman–Crippen LogP) is 3.89. The number of hydrogen-bond donors (Lipinski definition) is 0. The van der Waals surface area contributed by atoms with Crippen LogP contribution in [0.4, 0.5) is 0 Å². The zero-order valence-electron chi connectivity index (χ0n) is 16.1. The lowest BCUT2D eigenvalue weighted by molar-refractivity contribution is -0.159. The lowest BCUT2D eigenvalue weighted by Crippen LogP contribution is -2.33. The molecule has 1 aromatic carbocycles. The number of ether oxygens (including phenoxy) is 2. The van der Waals surface area contributed by atoms with E-state index in [0.717, 1.165) is 41.4 Å². The van der Waals surface area contributed by atoms with Gasteiger partial charge >= 0.3 is 11.9 Å². The Kier molecular flexibility index (Phi) is 8.57. The van der Waals surface area contributed by atoms with E-state index >= 15 is 0 Å². The van der Waals surface area contributed by atoms with Crippen molar-refractivity contribution in [3.63, 3.8) is 0 Å². The van der Waals surface area contributed by atoms with Crippen LogP contribution in [0, 0.1) is 12.8 Å². The first-order valence-electron chi connectivity index (χ1n) is 9.14. The van der Waals surface area contributed by atoms with Crippen molar-refractivity contribution in [3.8, 4) is 0 Å². The lowest BCUT2D eigenvalue weighted by atomic mass is 9.98. The van der Waals surface area contributed by atoms with Crippen molar-refractivity contribution in [2.45, 2.75) is 37.9 Å². The van der Waals surface area contributed by atoms with Crippen LogP contribution in [-0.4, -0.2) is 48.5 Å². The molecule has 0 radical (unpaired) electrons. The van der Waals surface area contributed by atoms with E-state index in [4.69, 9.17) is 21.7 Å². The highest BCUT2D eigenvalue weighted by Gasteiger charge is 2.33. The minimum absolute atomic E-state index is 0.136. The molecular formula is C20H27NO4S2. The van der Waals surface area contributed by atoms with Crippen LogP contribution >= 0.6 is 24.0 Å². The van der Waals surface area contributed by atoms with Crippen LogP contribution in [0.1, 0.15) is 42.1 Å². The topological polar surface area (TPSA) is 55.8 Å². The first kappa shape index (κ1) is 21.7. The number of thioether (sulfide) groups is 1. The molecule has 7 heteroatoms. The Morgan fingerprint density at radius 1 is 1.07 bits per heavy atom. The summed E-state index contributed by atoms with van der Waals surface area (Å²) in [7, 11) is 2.56. The number of aryl methyl sites for hydroxylation is 1. The third-order valence-electron chi connectivity index (χ3n) is 4.73. The maximum atomic E-state index is 12.1. The van der Waals surface area contributed by atoms with Crippen LogP contribution in [-0.2, 0) is 19.1 Å². The molecule has 0 N–H and O–H groups in total. The molecule has 0 saturated carbocycles. The number of carbonyl (C=O) groups excluding carboxylic acids is 2. The molecule has 0 amide bonds. The van der Waals surface area contributed by atoms with E-state index in [-0.39, 0.29) is 11.7 Å². The summed E-state index contributed by atoms with van der Waals surface area (Å²) in [5.41, 5.74) is 2.18. The molecule has 1 aliphatic rings. The van der Waals surface area contributed by atoms with Gasteiger partial charge in [-0.3, -0.25) is 9.59 Å². The van der Waals surface area contributed by atoms with Gasteiger partial charge in [0.2, 0.25) is 0 Å². The number of likely N-dealkylation sites (tertiary alicyclic amines) is 1. The number of hydrogen-bond acceptors (Lipinski definition) is 6. The highest BCUT2D eigenvalue weighted by molar-refractivity contribution is 8.23. The molecule has 1 aromatic rings. The molecule has 1 heterocycles. The summed E-state index contributed by atoms with van der Waals surface area (Å²) in [6.45, 7) is 3.95. The predicted molar refractivity (Wildman–Crippen MR) is 112 cm³/mol. The van der Waals surface area contributed by atoms with Gasteiger partial charge in [-0.25, -0.2) is 0 Å². The second kappa shape index (κ2) is 10.7. The van der Waals surface area contributed by atoms with Gasteiger partial charge in [-0.05, 0) is 38.2 Å². The first-order valence-corrected chi connectivity index (χ1v) is 10.4. The summed E-state index contributed by atoms with van der Waals surface area (Å²) in [5, 5.41) is -0.136. The van der Waals surface area contributed by atoms with Crippen molar-refractivity contribution in [3.05, 3.63) is 35.4 Å². The van der Waals surface area contributed by atoms with E-state index < -0.39 is 17.9 Å². The molecular weight excluding hydrogens is 382 g/mol. The van der Waals surface area contributed by atoms with Crippen molar-refractivity contribution in [2.24, 2.45) is 5.92 Å². The largest absolute Gasteiger partial charge is 0.468 e. The lowest BCUT2D eigenvalue weighted by Gasteiger charge is -2.31. The van der Waals surface area contributed by atoms with Gasteiger partial charge in [-0.15, -0.1) is 0 Å². The van der Waals surface area contributed by atoms with Crippen LogP contribution in [0.3, 0.4) is 0 Å². The Hall–Kier alpha value is -1.60. The van der Waals surface area contributed by atoms with Gasteiger partial charge in [0.15, 0.2) is 5.92 Å². The number of rotatable bonds is 6. The molecule has 1 saturated heterocycles. The number of benzene rings is 1. The second-order valence-electron chi connectivity index (χ2n) is 6.67. The van der Waals surface area contributed by atoms with E-state index in [1.165, 1.54) is 32.4 Å². The molecule has 148 valence electrons. The zero-order valence-corrected chi connectivity index (χ0v) is 17.7. The van der Waals surface area contributed by atoms with Gasteiger partial charge in [-0.1, -0.05) is 53.8 Å². The Labute approximate surface area is 170 Å². The summed E-state index contributed by atoms with van der Waals surface area (Å²) in [6, 6.07) is 8.10. The molecule has 1 atom stereocenters. The van der Waals surface area contributed by atoms with Crippen LogP contribution < -0.4 is 0 Å². The quantitative estimate of drug-likeness (QED) is 0.401. The molecule has 0 bridgehead atoms. The smallest absolute Gasteiger partial charge is 0.320 e. The average molecular weight is 410 g/mol. The van der Waals surface area contributed by atoms with Gasteiger partial charge in [0.05, 0.1) is 14.2 Å². The van der Waals surface area contributed by atoms with Gasteiger partial charge in [0.1, 0.15) is 4.32 Å². The number of thiocarbonyl (C=S) groups is 1. The molecule has 1 fully saturated rings. The fraction of sp³-hybridized carbons (Fsp3) is 0.550. The standard InChI is InChI=1S/C20H27NO4S2/c1-14-7-9-15(10-8-14)17(13-16(18(22)24-2)19(23)25-3)27-20(26)21-11-5-4-6-12-21/h7-10,16-17H,4-6,11-13H2,1-3H3. The molecule has 27 heavy (non-hydrogen) atoms. The second-order valence-corrected chi connectivity index (χ2v) is 8.50. The van der Waals surface area contributed by atoms with Gasteiger partial charge < -0.3 is 14.4 Å². The van der Waals surface area contributed by atoms with Gasteiger partial charge in [0, 0.05) is 18.3 Å². The van der Waals surface area contributed by atoms with Crippen molar-refractivity contribution >= 4 is 40.2 Å². The monoisotopic (exact) mass is 409 g/mol. The molecule has 0 spiro atoms. The van der Waals surface area contributed by atoms with Gasteiger partial charge in [0.25, 0.3) is 0 Å². The van der Waals surface area contributed by atoms with E-state index in [9.17, 15) is 9.59 Å². The number of methoxy groups -OCH3 is 2. The van der Waals surface area contributed by atoms with Crippen molar-refractivity contribution in [1.29, 1.82) is 0 Å². The van der Waals surface area contributed by atoms with Crippen LogP contribution in [0.25, 0.3) is 0 Å². The summed E-state index contributed by atoms with van der Waals surface area (Å²) < 4.78 is 10.5. The van der Waals surface area contributed by atoms with Crippen molar-refractivity contribution in [1.82, 2.24) is 4.90 Å². The molecule has 0 aromatic heterocycles. The molecule has 1 aliphatic heterocycles. The number of esters is 2. The number of nitrogens with zero attached hydrogens (tertiary/aromatic N) is 1. The fourth-order valence-electron chi connectivity index (χ4n) is 3.09. The normalized spacial score (nSPS) is 15.3. The minimum Gasteiger partial charge on any atom is -0.468 e. The average Bonchev–Trinajstić information content (AvgIpc) is 2.71. The third kappa shape index (κ3) is 6.21. The zero-order chi connectivity index (χ0) is 19.8. The Morgan fingerprint density at radius 3 is 2.15 bits per heavy atom. The number of carbonyl (C=O) groups is 2. The maximum absolute atomic E-state index is 12.1. The SMILES string of the molecule is COC(=O)C(CC(SC(=S)N1CCCCC1)c1ccc(C)cc1)C(=O)OC. The molecule has 2 rings (SSSR count).